The summed E-state index contributed by atoms with van der Waals surface area (Å²) in [6.07, 6.45) is 0. The Morgan fingerprint density at radius 1 is 0.258 bits per heavy atom. The Hall–Kier alpha value is -9.88. The van der Waals surface area contributed by atoms with Crippen LogP contribution in [0.4, 0.5) is 85.3 Å². The normalized spacial score (nSPS) is 13.1. The van der Waals surface area contributed by atoms with Crippen LogP contribution in [0, 0.1) is 62.3 Å². The van der Waals surface area contributed by atoms with E-state index in [0.29, 0.717) is 0 Å². The lowest BCUT2D eigenvalue weighted by Gasteiger charge is -2.46. The maximum atomic E-state index is 2.66. The van der Waals surface area contributed by atoms with Crippen molar-refractivity contribution in [1.29, 1.82) is 0 Å². The molecule has 428 valence electrons. The Morgan fingerprint density at radius 2 is 0.629 bits per heavy atom. The third kappa shape index (κ3) is 9.09. The molecule has 12 aromatic carbocycles. The van der Waals surface area contributed by atoms with Gasteiger partial charge in [-0.3, -0.25) is 0 Å². The molecule has 0 saturated carbocycles. The third-order valence-electron chi connectivity index (χ3n) is 18.9. The predicted octanol–water partition coefficient (Wildman–Crippen LogP) is 18.2. The maximum absolute atomic E-state index is 2.66. The van der Waals surface area contributed by atoms with Crippen LogP contribution in [0.5, 0.6) is 0 Å². The summed E-state index contributed by atoms with van der Waals surface area (Å²) in [6.45, 7) is 19.7. The molecule has 12 aromatic rings. The molecule has 8 heteroatoms. The third-order valence-corrected chi connectivity index (χ3v) is 20.0. The van der Waals surface area contributed by atoms with E-state index < -0.39 is 0 Å². The molecule has 0 aliphatic carbocycles. The zero-order valence-electron chi connectivity index (χ0n) is 51.9. The molecule has 0 spiro atoms. The SMILES string of the molecule is Cc1ccc(N(c2ccc(C)cc2)c2cc3c4c(c2)N(c2ccc(C)cc2)c2ccc(C)cc2B4c2cc4c(cc2S3)N(c2ccccc2C)c2cc(N(c3ccc(C)cc3)c3ccc(C)cc3)cc3c2B4c2cc(C)ccc2N3c2ccc(C)cc2)cc1. The molecule has 16 rings (SSSR count). The van der Waals surface area contributed by atoms with Crippen LogP contribution in [-0.2, 0) is 0 Å². The van der Waals surface area contributed by atoms with Crippen LogP contribution in [0.1, 0.15) is 50.1 Å². The van der Waals surface area contributed by atoms with Crippen molar-refractivity contribution >= 4 is 143 Å². The molecule has 4 aliphatic heterocycles. The zero-order valence-corrected chi connectivity index (χ0v) is 52.7. The Morgan fingerprint density at radius 3 is 1.08 bits per heavy atom. The van der Waals surface area contributed by atoms with Gasteiger partial charge >= 0.3 is 0 Å². The van der Waals surface area contributed by atoms with Crippen molar-refractivity contribution < 1.29 is 0 Å². The number of rotatable bonds is 9. The fraction of sp³-hybridized carbons (Fsp3) is 0.111. The van der Waals surface area contributed by atoms with Crippen molar-refractivity contribution in [3.05, 3.63) is 293 Å². The van der Waals surface area contributed by atoms with Gasteiger partial charge in [0.15, 0.2) is 0 Å². The quantitative estimate of drug-likeness (QED) is 0.133. The first kappa shape index (κ1) is 54.5. The second-order valence-electron chi connectivity index (χ2n) is 25.3. The first-order chi connectivity index (χ1) is 43.3. The largest absolute Gasteiger partial charge is 0.311 e. The summed E-state index contributed by atoms with van der Waals surface area (Å²) in [7, 11) is 0. The molecule has 0 bridgehead atoms. The van der Waals surface area contributed by atoms with Gasteiger partial charge in [-0.2, -0.15) is 0 Å². The van der Waals surface area contributed by atoms with E-state index in [1.807, 2.05) is 11.8 Å². The van der Waals surface area contributed by atoms with Crippen LogP contribution < -0.4 is 57.3 Å². The highest BCUT2D eigenvalue weighted by Crippen LogP contribution is 2.52. The molecule has 0 aromatic heterocycles. The van der Waals surface area contributed by atoms with Crippen molar-refractivity contribution in [3.63, 3.8) is 0 Å². The van der Waals surface area contributed by atoms with E-state index in [1.165, 1.54) is 127 Å². The monoisotopic (exact) mass is 1160 g/mol. The second kappa shape index (κ2) is 21.2. The molecular weight excluding hydrogens is 1100 g/mol. The van der Waals surface area contributed by atoms with Gasteiger partial charge in [0, 0.05) is 89.4 Å². The number of fused-ring (bicyclic) bond motifs is 8. The summed E-state index contributed by atoms with van der Waals surface area (Å²) >= 11 is 1.93. The molecule has 4 aliphatic rings. The first-order valence-electron chi connectivity index (χ1n) is 31.2. The minimum Gasteiger partial charge on any atom is -0.311 e. The summed E-state index contributed by atoms with van der Waals surface area (Å²) in [5.41, 5.74) is 36.2. The van der Waals surface area contributed by atoms with Crippen molar-refractivity contribution in [2.24, 2.45) is 0 Å². The highest BCUT2D eigenvalue weighted by Gasteiger charge is 2.48. The minimum atomic E-state index is -0.117. The molecule has 4 heterocycles. The highest BCUT2D eigenvalue weighted by molar-refractivity contribution is 8.00. The number of para-hydroxylation sites is 1. The standard InChI is InChI=1S/C81H67B2N5S/c1-50-14-28-59(29-15-50)84(60-30-16-51(2)17-31-60)65-44-75-80-76(45-65)88(71-13-11-10-12-58(71)9)74-49-78-70(48-69(74)82(80)67-42-56(7)26-40-72(67)86(75)63-36-22-54(5)23-37-63)83-68-43-57(8)27-41-73(68)87(64-38-24-55(6)25-39-64)77-46-66(47-79(89-78)81(77)83)85(61-32-18-52(3)19-33-61)62-34-20-53(4)21-35-62/h10-49H,1-9H3. The van der Waals surface area contributed by atoms with Crippen molar-refractivity contribution in [1.82, 2.24) is 0 Å². The second-order valence-corrected chi connectivity index (χ2v) is 26.4. The average molecular weight is 1160 g/mol. The zero-order chi connectivity index (χ0) is 60.5. The molecule has 0 saturated heterocycles. The van der Waals surface area contributed by atoms with Gasteiger partial charge in [-0.15, -0.1) is 0 Å². The van der Waals surface area contributed by atoms with E-state index in [9.17, 15) is 0 Å². The van der Waals surface area contributed by atoms with Gasteiger partial charge in [-0.05, 0) is 217 Å². The lowest BCUT2D eigenvalue weighted by Crippen LogP contribution is -2.64. The Labute approximate surface area is 529 Å². The molecule has 0 unspecified atom stereocenters. The number of benzene rings is 12. The summed E-state index contributed by atoms with van der Waals surface area (Å²) < 4.78 is 0. The lowest BCUT2D eigenvalue weighted by molar-refractivity contribution is 1.20. The predicted molar refractivity (Wildman–Crippen MR) is 382 cm³/mol. The Balaban J connectivity index is 0.999. The number of nitrogens with zero attached hydrogens (tertiary/aromatic N) is 5. The van der Waals surface area contributed by atoms with E-state index in [4.69, 9.17) is 0 Å². The number of hydrogen-bond acceptors (Lipinski definition) is 6. The van der Waals surface area contributed by atoms with E-state index in [0.717, 1.165) is 51.2 Å². The molecule has 0 radical (unpaired) electrons. The van der Waals surface area contributed by atoms with Crippen molar-refractivity contribution in [3.8, 4) is 0 Å². The van der Waals surface area contributed by atoms with Crippen LogP contribution in [0.2, 0.25) is 0 Å². The summed E-state index contributed by atoms with van der Waals surface area (Å²) in [6, 6.07) is 92.9. The van der Waals surface area contributed by atoms with Gasteiger partial charge in [0.1, 0.15) is 0 Å². The van der Waals surface area contributed by atoms with Crippen LogP contribution in [-0.4, -0.2) is 13.4 Å². The topological polar surface area (TPSA) is 16.2 Å². The molecule has 0 N–H and O–H groups in total. The summed E-state index contributed by atoms with van der Waals surface area (Å²) in [4.78, 5) is 15.2. The molecule has 0 atom stereocenters. The van der Waals surface area contributed by atoms with Crippen molar-refractivity contribution in [2.75, 3.05) is 24.5 Å². The van der Waals surface area contributed by atoms with Gasteiger partial charge < -0.3 is 24.5 Å². The van der Waals surface area contributed by atoms with E-state index in [2.05, 4.69) is 329 Å². The summed E-state index contributed by atoms with van der Waals surface area (Å²) in [5, 5.41) is 0. The lowest BCUT2D eigenvalue weighted by atomic mass is 9.31. The summed E-state index contributed by atoms with van der Waals surface area (Å²) in [5.74, 6) is 0. The number of hydrogen-bond donors (Lipinski definition) is 0. The highest BCUT2D eigenvalue weighted by atomic mass is 32.2. The van der Waals surface area contributed by atoms with Crippen LogP contribution in [0.25, 0.3) is 0 Å². The van der Waals surface area contributed by atoms with Gasteiger partial charge in [-0.1, -0.05) is 183 Å². The van der Waals surface area contributed by atoms with E-state index >= 15 is 0 Å². The minimum absolute atomic E-state index is 0.0724. The molecule has 89 heavy (non-hydrogen) atoms. The fourth-order valence-corrected chi connectivity index (χ4v) is 15.6. The van der Waals surface area contributed by atoms with Gasteiger partial charge in [0.25, 0.3) is 6.71 Å². The van der Waals surface area contributed by atoms with Gasteiger partial charge in [-0.25, -0.2) is 0 Å². The van der Waals surface area contributed by atoms with Gasteiger partial charge in [0.2, 0.25) is 6.71 Å². The molecular formula is C81H67B2N5S. The molecule has 5 nitrogen and oxygen atoms in total. The maximum Gasteiger partial charge on any atom is 0.252 e. The van der Waals surface area contributed by atoms with E-state index in [-0.39, 0.29) is 13.4 Å². The van der Waals surface area contributed by atoms with E-state index in [1.54, 1.807) is 0 Å². The first-order valence-corrected chi connectivity index (χ1v) is 32.0. The smallest absolute Gasteiger partial charge is 0.252 e. The van der Waals surface area contributed by atoms with Crippen LogP contribution in [0.15, 0.2) is 252 Å². The van der Waals surface area contributed by atoms with Crippen LogP contribution in [0.3, 0.4) is 0 Å². The molecule has 0 fully saturated rings. The Bertz CT molecular complexity index is 4720. The van der Waals surface area contributed by atoms with Crippen LogP contribution >= 0.6 is 11.8 Å². The molecule has 0 amide bonds. The fourth-order valence-electron chi connectivity index (χ4n) is 14.4. The number of anilines is 15. The average Bonchev–Trinajstić information content (AvgIpc) is 0.786. The Kier molecular flexibility index (Phi) is 13.0. The van der Waals surface area contributed by atoms with Crippen molar-refractivity contribution in [2.45, 2.75) is 72.1 Å². The number of aryl methyl sites for hydroxylation is 9. The van der Waals surface area contributed by atoms with Gasteiger partial charge in [0.05, 0.1) is 5.69 Å².